The zero-order valence-corrected chi connectivity index (χ0v) is 21.4. The molecule has 12 heteroatoms. The highest BCUT2D eigenvalue weighted by Crippen LogP contribution is 2.40. The SMILES string of the molecule is COc1cc(Nc2ncc([N+](=O)[O-])c(Nc3ccccc3C(=O)NC3CCCCC3)n2)cc(OC)c1OC. The molecule has 1 aliphatic carbocycles. The van der Waals surface area contributed by atoms with E-state index in [0.29, 0.717) is 34.2 Å². The quantitative estimate of drug-likeness (QED) is 0.246. The molecule has 0 bridgehead atoms. The van der Waals surface area contributed by atoms with Gasteiger partial charge in [-0.05, 0) is 25.0 Å². The number of para-hydroxylation sites is 1. The summed E-state index contributed by atoms with van der Waals surface area (Å²) in [6, 6.07) is 10.3. The van der Waals surface area contributed by atoms with Crippen molar-refractivity contribution in [1.82, 2.24) is 15.3 Å². The molecule has 1 fully saturated rings. The largest absolute Gasteiger partial charge is 0.493 e. The average molecular weight is 523 g/mol. The van der Waals surface area contributed by atoms with Crippen molar-refractivity contribution in [3.8, 4) is 17.2 Å². The monoisotopic (exact) mass is 522 g/mol. The number of rotatable bonds is 10. The molecule has 0 spiro atoms. The molecule has 1 heterocycles. The number of carbonyl (C=O) groups excluding carboxylic acids is 1. The van der Waals surface area contributed by atoms with Gasteiger partial charge in [-0.1, -0.05) is 31.4 Å². The Morgan fingerprint density at radius 2 is 1.68 bits per heavy atom. The van der Waals surface area contributed by atoms with Crippen molar-refractivity contribution in [2.75, 3.05) is 32.0 Å². The number of nitro groups is 1. The van der Waals surface area contributed by atoms with E-state index in [-0.39, 0.29) is 29.4 Å². The van der Waals surface area contributed by atoms with Gasteiger partial charge in [0.15, 0.2) is 11.5 Å². The van der Waals surface area contributed by atoms with Crippen LogP contribution < -0.4 is 30.2 Å². The van der Waals surface area contributed by atoms with Gasteiger partial charge in [0.05, 0.1) is 37.5 Å². The number of hydrogen-bond acceptors (Lipinski definition) is 10. The Balaban J connectivity index is 1.62. The summed E-state index contributed by atoms with van der Waals surface area (Å²) in [5.74, 6) is 0.998. The van der Waals surface area contributed by atoms with E-state index in [0.717, 1.165) is 31.9 Å². The van der Waals surface area contributed by atoms with Crippen LogP contribution in [0.25, 0.3) is 0 Å². The van der Waals surface area contributed by atoms with Gasteiger partial charge in [-0.2, -0.15) is 4.98 Å². The van der Waals surface area contributed by atoms with Gasteiger partial charge in [0, 0.05) is 23.9 Å². The number of hydrogen-bond donors (Lipinski definition) is 3. The molecule has 3 N–H and O–H groups in total. The van der Waals surface area contributed by atoms with Gasteiger partial charge in [-0.3, -0.25) is 14.9 Å². The van der Waals surface area contributed by atoms with Crippen LogP contribution in [0, 0.1) is 10.1 Å². The maximum atomic E-state index is 13.1. The van der Waals surface area contributed by atoms with Gasteiger partial charge in [0.2, 0.25) is 17.5 Å². The van der Waals surface area contributed by atoms with Crippen molar-refractivity contribution >= 4 is 34.7 Å². The summed E-state index contributed by atoms with van der Waals surface area (Å²) in [7, 11) is 4.48. The molecule has 200 valence electrons. The topological polar surface area (TPSA) is 150 Å². The highest BCUT2D eigenvalue weighted by molar-refractivity contribution is 6.00. The second-order valence-corrected chi connectivity index (χ2v) is 8.70. The van der Waals surface area contributed by atoms with Crippen molar-refractivity contribution in [2.45, 2.75) is 38.1 Å². The lowest BCUT2D eigenvalue weighted by Crippen LogP contribution is -2.36. The fraction of sp³-hybridized carbons (Fsp3) is 0.346. The van der Waals surface area contributed by atoms with E-state index in [4.69, 9.17) is 14.2 Å². The summed E-state index contributed by atoms with van der Waals surface area (Å²) in [6.45, 7) is 0. The molecule has 0 saturated heterocycles. The minimum atomic E-state index is -0.587. The predicted molar refractivity (Wildman–Crippen MR) is 142 cm³/mol. The lowest BCUT2D eigenvalue weighted by molar-refractivity contribution is -0.384. The zero-order valence-electron chi connectivity index (χ0n) is 21.4. The van der Waals surface area contributed by atoms with E-state index in [9.17, 15) is 14.9 Å². The number of anilines is 4. The smallest absolute Gasteiger partial charge is 0.329 e. The van der Waals surface area contributed by atoms with Gasteiger partial charge in [0.1, 0.15) is 6.20 Å². The van der Waals surface area contributed by atoms with Crippen molar-refractivity contribution in [3.63, 3.8) is 0 Å². The summed E-state index contributed by atoms with van der Waals surface area (Å²) < 4.78 is 16.1. The molecule has 4 rings (SSSR count). The number of methoxy groups -OCH3 is 3. The Labute approximate surface area is 219 Å². The van der Waals surface area contributed by atoms with E-state index in [1.54, 1.807) is 36.4 Å². The van der Waals surface area contributed by atoms with Crippen LogP contribution in [-0.4, -0.2) is 48.2 Å². The fourth-order valence-corrected chi connectivity index (χ4v) is 4.37. The van der Waals surface area contributed by atoms with Gasteiger partial charge in [0.25, 0.3) is 5.91 Å². The number of nitrogens with zero attached hydrogens (tertiary/aromatic N) is 3. The lowest BCUT2D eigenvalue weighted by atomic mass is 9.95. The predicted octanol–water partition coefficient (Wildman–Crippen LogP) is 4.96. The van der Waals surface area contributed by atoms with Crippen LogP contribution >= 0.6 is 0 Å². The van der Waals surface area contributed by atoms with E-state index < -0.39 is 4.92 Å². The van der Waals surface area contributed by atoms with Crippen LogP contribution in [0.1, 0.15) is 42.5 Å². The van der Waals surface area contributed by atoms with Crippen molar-refractivity contribution < 1.29 is 23.9 Å². The molecule has 0 atom stereocenters. The number of carbonyl (C=O) groups is 1. The van der Waals surface area contributed by atoms with Gasteiger partial charge >= 0.3 is 5.69 Å². The van der Waals surface area contributed by atoms with Crippen LogP contribution in [0.2, 0.25) is 0 Å². The Morgan fingerprint density at radius 3 is 2.32 bits per heavy atom. The molecule has 1 aliphatic rings. The Morgan fingerprint density at radius 1 is 1.00 bits per heavy atom. The third kappa shape index (κ3) is 6.02. The lowest BCUT2D eigenvalue weighted by Gasteiger charge is -2.23. The van der Waals surface area contributed by atoms with Crippen LogP contribution in [0.3, 0.4) is 0 Å². The summed E-state index contributed by atoms with van der Waals surface area (Å²) in [6.07, 6.45) is 6.32. The Bertz CT molecular complexity index is 1290. The molecular weight excluding hydrogens is 492 g/mol. The van der Waals surface area contributed by atoms with Gasteiger partial charge in [-0.25, -0.2) is 4.98 Å². The van der Waals surface area contributed by atoms with Crippen LogP contribution in [0.15, 0.2) is 42.6 Å². The number of ether oxygens (including phenoxy) is 3. The minimum absolute atomic E-state index is 0.0714. The summed E-state index contributed by atoms with van der Waals surface area (Å²) >= 11 is 0. The number of benzene rings is 2. The van der Waals surface area contributed by atoms with Gasteiger partial charge in [-0.15, -0.1) is 0 Å². The van der Waals surface area contributed by atoms with E-state index in [1.807, 2.05) is 0 Å². The molecule has 2 aromatic carbocycles. The highest BCUT2D eigenvalue weighted by Gasteiger charge is 2.22. The normalized spacial score (nSPS) is 13.3. The summed E-state index contributed by atoms with van der Waals surface area (Å²) in [5, 5.41) is 20.8. The Hall–Kier alpha value is -4.61. The minimum Gasteiger partial charge on any atom is -0.493 e. The molecule has 12 nitrogen and oxygen atoms in total. The molecule has 3 aromatic rings. The molecule has 0 radical (unpaired) electrons. The molecule has 1 saturated carbocycles. The van der Waals surface area contributed by atoms with E-state index in [1.165, 1.54) is 27.8 Å². The maximum absolute atomic E-state index is 13.1. The highest BCUT2D eigenvalue weighted by atomic mass is 16.6. The first-order valence-corrected chi connectivity index (χ1v) is 12.2. The van der Waals surface area contributed by atoms with Crippen molar-refractivity contribution in [1.29, 1.82) is 0 Å². The third-order valence-corrected chi connectivity index (χ3v) is 6.25. The van der Waals surface area contributed by atoms with Crippen LogP contribution in [-0.2, 0) is 0 Å². The van der Waals surface area contributed by atoms with Crippen molar-refractivity contribution in [3.05, 3.63) is 58.3 Å². The second-order valence-electron chi connectivity index (χ2n) is 8.70. The van der Waals surface area contributed by atoms with Crippen molar-refractivity contribution in [2.24, 2.45) is 0 Å². The number of nitrogens with one attached hydrogen (secondary N) is 3. The molecule has 1 amide bonds. The van der Waals surface area contributed by atoms with Crippen LogP contribution in [0.5, 0.6) is 17.2 Å². The molecule has 1 aromatic heterocycles. The second kappa shape index (κ2) is 12.1. The Kier molecular flexibility index (Phi) is 8.41. The number of aromatic nitrogens is 2. The first kappa shape index (κ1) is 26.5. The first-order chi connectivity index (χ1) is 18.4. The average Bonchev–Trinajstić information content (AvgIpc) is 2.93. The standard InChI is InChI=1S/C26H30N6O6/c1-36-21-13-17(14-22(37-2)23(21)38-3)29-26-27-15-20(32(34)35)24(31-26)30-19-12-8-7-11-18(19)25(33)28-16-9-5-4-6-10-16/h7-8,11-16H,4-6,9-10H2,1-3H3,(H,28,33)(H2,27,29,30,31). The molecule has 38 heavy (non-hydrogen) atoms. The molecule has 0 aliphatic heterocycles. The zero-order chi connectivity index (χ0) is 27.1. The van der Waals surface area contributed by atoms with Gasteiger partial charge < -0.3 is 30.2 Å². The van der Waals surface area contributed by atoms with E-state index >= 15 is 0 Å². The number of amides is 1. The molecular formula is C26H30N6O6. The summed E-state index contributed by atoms with van der Waals surface area (Å²) in [5.41, 5.74) is 0.918. The van der Waals surface area contributed by atoms with Crippen LogP contribution in [0.4, 0.5) is 28.8 Å². The van der Waals surface area contributed by atoms with E-state index in [2.05, 4.69) is 25.9 Å². The first-order valence-electron chi connectivity index (χ1n) is 12.2. The fourth-order valence-electron chi connectivity index (χ4n) is 4.37. The summed E-state index contributed by atoms with van der Waals surface area (Å²) in [4.78, 5) is 32.6. The maximum Gasteiger partial charge on any atom is 0.329 e. The molecule has 0 unspecified atom stereocenters. The third-order valence-electron chi connectivity index (χ3n) is 6.25.